The van der Waals surface area contributed by atoms with Crippen LogP contribution in [0.1, 0.15) is 28.4 Å². The van der Waals surface area contributed by atoms with Gasteiger partial charge in [0, 0.05) is 22.7 Å². The first kappa shape index (κ1) is 11.9. The Labute approximate surface area is 101 Å². The van der Waals surface area contributed by atoms with Gasteiger partial charge in [-0.05, 0) is 51.1 Å². The highest BCUT2D eigenvalue weighted by Gasteiger charge is 2.17. The zero-order valence-corrected chi connectivity index (χ0v) is 10.7. The molecule has 1 aromatic carbocycles. The zero-order chi connectivity index (χ0) is 12.6. The van der Waals surface area contributed by atoms with E-state index < -0.39 is 0 Å². The summed E-state index contributed by atoms with van der Waals surface area (Å²) < 4.78 is 0. The predicted molar refractivity (Wildman–Crippen MR) is 70.6 cm³/mol. The van der Waals surface area contributed by atoms with Gasteiger partial charge in [-0.15, -0.1) is 0 Å². The maximum atomic E-state index is 12.2. The van der Waals surface area contributed by atoms with Gasteiger partial charge in [-0.2, -0.15) is 0 Å². The molecule has 0 fully saturated rings. The molecule has 0 saturated heterocycles. The van der Waals surface area contributed by atoms with Crippen molar-refractivity contribution in [3.8, 4) is 0 Å². The lowest BCUT2D eigenvalue weighted by atomic mass is 10.0. The smallest absolute Gasteiger partial charge is 0.181 e. The molecule has 0 aliphatic rings. The number of ketones is 1. The largest absolute Gasteiger partial charge is 0.360 e. The van der Waals surface area contributed by atoms with Crippen molar-refractivity contribution < 1.29 is 4.79 Å². The molecule has 3 heteroatoms. The van der Waals surface area contributed by atoms with E-state index in [2.05, 4.69) is 36.3 Å². The van der Waals surface area contributed by atoms with Crippen LogP contribution in [0.25, 0.3) is 10.9 Å². The van der Waals surface area contributed by atoms with Crippen LogP contribution in [0.2, 0.25) is 0 Å². The normalized spacial score (nSPS) is 12.9. The van der Waals surface area contributed by atoms with Crippen molar-refractivity contribution in [1.82, 2.24) is 10.3 Å². The fourth-order valence-electron chi connectivity index (χ4n) is 1.95. The lowest BCUT2D eigenvalue weighted by molar-refractivity contribution is 0.0956. The van der Waals surface area contributed by atoms with E-state index in [4.69, 9.17) is 0 Å². The Hall–Kier alpha value is -1.61. The Morgan fingerprint density at radius 2 is 1.94 bits per heavy atom. The zero-order valence-electron chi connectivity index (χ0n) is 10.7. The molecule has 0 amide bonds. The Balaban J connectivity index is 2.56. The second-order valence-corrected chi connectivity index (χ2v) is 4.56. The third-order valence-electron chi connectivity index (χ3n) is 3.39. The van der Waals surface area contributed by atoms with E-state index in [1.54, 1.807) is 13.2 Å². The van der Waals surface area contributed by atoms with E-state index in [0.717, 1.165) is 16.5 Å². The number of fused-ring (bicyclic) bond motifs is 1. The molecule has 0 saturated carbocycles. The molecule has 2 rings (SSSR count). The van der Waals surface area contributed by atoms with Crippen molar-refractivity contribution in [2.45, 2.75) is 26.8 Å². The Bertz CT molecular complexity index is 569. The summed E-state index contributed by atoms with van der Waals surface area (Å²) in [5.41, 5.74) is 4.24. The number of aromatic nitrogens is 1. The lowest BCUT2D eigenvalue weighted by Crippen LogP contribution is -2.30. The third kappa shape index (κ3) is 1.98. The van der Waals surface area contributed by atoms with Crippen molar-refractivity contribution in [2.24, 2.45) is 0 Å². The van der Waals surface area contributed by atoms with Crippen LogP contribution in [0, 0.1) is 13.8 Å². The van der Waals surface area contributed by atoms with Crippen molar-refractivity contribution in [2.75, 3.05) is 7.05 Å². The molecular formula is C14H18N2O. The van der Waals surface area contributed by atoms with Crippen LogP contribution >= 0.6 is 0 Å². The van der Waals surface area contributed by atoms with E-state index >= 15 is 0 Å². The van der Waals surface area contributed by atoms with E-state index in [0.29, 0.717) is 0 Å². The minimum absolute atomic E-state index is 0.127. The van der Waals surface area contributed by atoms with Crippen LogP contribution in [0.3, 0.4) is 0 Å². The van der Waals surface area contributed by atoms with E-state index in [1.165, 1.54) is 11.1 Å². The average Bonchev–Trinajstić information content (AvgIpc) is 2.70. The number of carbonyl (C=O) groups excluding carboxylic acids is 1. The molecule has 1 aromatic heterocycles. The molecule has 90 valence electrons. The molecule has 0 bridgehead atoms. The summed E-state index contributed by atoms with van der Waals surface area (Å²) in [7, 11) is 1.80. The standard InChI is InChI=1S/C14H18N2O/c1-8-5-11-12(14(17)10(3)15-4)7-16-13(11)6-9(8)2/h5-7,10,15-16H,1-4H3. The third-order valence-corrected chi connectivity index (χ3v) is 3.39. The van der Waals surface area contributed by atoms with Gasteiger partial charge in [-0.3, -0.25) is 4.79 Å². The first-order valence-corrected chi connectivity index (χ1v) is 5.84. The average molecular weight is 230 g/mol. The van der Waals surface area contributed by atoms with Crippen molar-refractivity contribution in [3.63, 3.8) is 0 Å². The number of nitrogens with one attached hydrogen (secondary N) is 2. The Morgan fingerprint density at radius 3 is 2.59 bits per heavy atom. The number of benzene rings is 1. The monoisotopic (exact) mass is 230 g/mol. The summed E-state index contributed by atoms with van der Waals surface area (Å²) >= 11 is 0. The molecule has 0 radical (unpaired) electrons. The highest BCUT2D eigenvalue weighted by Crippen LogP contribution is 2.23. The van der Waals surface area contributed by atoms with Gasteiger partial charge in [0.05, 0.1) is 6.04 Å². The molecule has 1 unspecified atom stereocenters. The van der Waals surface area contributed by atoms with Crippen molar-refractivity contribution >= 4 is 16.7 Å². The summed E-state index contributed by atoms with van der Waals surface area (Å²) in [6.07, 6.45) is 1.81. The predicted octanol–water partition coefficient (Wildman–Crippen LogP) is 2.58. The van der Waals surface area contributed by atoms with Crippen LogP contribution in [-0.4, -0.2) is 23.9 Å². The second kappa shape index (κ2) is 4.34. The minimum atomic E-state index is -0.157. The number of rotatable bonds is 3. The van der Waals surface area contributed by atoms with Gasteiger partial charge in [-0.1, -0.05) is 0 Å². The van der Waals surface area contributed by atoms with Crippen molar-refractivity contribution in [3.05, 3.63) is 35.0 Å². The number of aryl methyl sites for hydroxylation is 2. The van der Waals surface area contributed by atoms with Gasteiger partial charge in [0.1, 0.15) is 0 Å². The van der Waals surface area contributed by atoms with Crippen LogP contribution < -0.4 is 5.32 Å². The van der Waals surface area contributed by atoms with Gasteiger partial charge >= 0.3 is 0 Å². The first-order valence-electron chi connectivity index (χ1n) is 5.84. The Morgan fingerprint density at radius 1 is 1.29 bits per heavy atom. The summed E-state index contributed by atoms with van der Waals surface area (Å²) in [6, 6.07) is 4.01. The fraction of sp³-hybridized carbons (Fsp3) is 0.357. The number of hydrogen-bond donors (Lipinski definition) is 2. The van der Waals surface area contributed by atoms with Crippen LogP contribution in [0.4, 0.5) is 0 Å². The van der Waals surface area contributed by atoms with E-state index in [1.807, 2.05) is 6.92 Å². The molecule has 3 nitrogen and oxygen atoms in total. The number of H-pyrrole nitrogens is 1. The SMILES string of the molecule is CNC(C)C(=O)c1c[nH]c2cc(C)c(C)cc12. The van der Waals surface area contributed by atoms with E-state index in [-0.39, 0.29) is 11.8 Å². The van der Waals surface area contributed by atoms with Crippen molar-refractivity contribution in [1.29, 1.82) is 0 Å². The number of likely N-dealkylation sites (N-methyl/N-ethyl adjacent to an activating group) is 1. The quantitative estimate of drug-likeness (QED) is 0.796. The topological polar surface area (TPSA) is 44.9 Å². The van der Waals surface area contributed by atoms with Crippen LogP contribution in [-0.2, 0) is 0 Å². The van der Waals surface area contributed by atoms with E-state index in [9.17, 15) is 4.79 Å². The summed E-state index contributed by atoms with van der Waals surface area (Å²) in [5, 5.41) is 3.99. The fourth-order valence-corrected chi connectivity index (χ4v) is 1.95. The highest BCUT2D eigenvalue weighted by molar-refractivity contribution is 6.10. The first-order chi connectivity index (χ1) is 8.04. The highest BCUT2D eigenvalue weighted by atomic mass is 16.1. The Kier molecular flexibility index (Phi) is 3.03. The molecule has 1 heterocycles. The molecule has 0 spiro atoms. The maximum absolute atomic E-state index is 12.2. The molecule has 2 aromatic rings. The van der Waals surface area contributed by atoms with Gasteiger partial charge in [-0.25, -0.2) is 0 Å². The van der Waals surface area contributed by atoms with Gasteiger partial charge in [0.15, 0.2) is 5.78 Å². The van der Waals surface area contributed by atoms with Gasteiger partial charge in [0.25, 0.3) is 0 Å². The number of hydrogen-bond acceptors (Lipinski definition) is 2. The van der Waals surface area contributed by atoms with Gasteiger partial charge in [0.2, 0.25) is 0 Å². The molecular weight excluding hydrogens is 212 g/mol. The molecule has 0 aliphatic heterocycles. The summed E-state index contributed by atoms with van der Waals surface area (Å²) in [5.74, 6) is 0.127. The molecule has 2 N–H and O–H groups in total. The number of aromatic amines is 1. The maximum Gasteiger partial charge on any atom is 0.181 e. The molecule has 17 heavy (non-hydrogen) atoms. The molecule has 1 atom stereocenters. The number of carbonyl (C=O) groups is 1. The van der Waals surface area contributed by atoms with Gasteiger partial charge < -0.3 is 10.3 Å². The molecule has 0 aliphatic carbocycles. The van der Waals surface area contributed by atoms with Crippen LogP contribution in [0.5, 0.6) is 0 Å². The minimum Gasteiger partial charge on any atom is -0.360 e. The lowest BCUT2D eigenvalue weighted by Gasteiger charge is -2.08. The number of Topliss-reactive ketones (excluding diaryl/α,β-unsaturated/α-hetero) is 1. The summed E-state index contributed by atoms with van der Waals surface area (Å²) in [4.78, 5) is 15.3. The second-order valence-electron chi connectivity index (χ2n) is 4.56. The van der Waals surface area contributed by atoms with Crippen LogP contribution in [0.15, 0.2) is 18.3 Å². The summed E-state index contributed by atoms with van der Waals surface area (Å²) in [6.45, 7) is 6.02.